The lowest BCUT2D eigenvalue weighted by molar-refractivity contribution is 0.0890. The Morgan fingerprint density at radius 3 is 2.86 bits per heavy atom. The van der Waals surface area contributed by atoms with Gasteiger partial charge in [0.15, 0.2) is 0 Å². The Balaban J connectivity index is 2.18. The van der Waals surface area contributed by atoms with E-state index in [0.717, 1.165) is 6.07 Å². The molecule has 1 aromatic heterocycles. The molecule has 0 spiro atoms. The lowest BCUT2D eigenvalue weighted by Gasteiger charge is -2.17. The Bertz CT molecular complexity index is 622. The molecule has 0 aliphatic carbocycles. The summed E-state index contributed by atoms with van der Waals surface area (Å²) in [5.41, 5.74) is 0.568. The third kappa shape index (κ3) is 4.00. The number of benzene rings is 1. The van der Waals surface area contributed by atoms with Crippen LogP contribution in [0.4, 0.5) is 4.39 Å². The van der Waals surface area contributed by atoms with Gasteiger partial charge in [-0.15, -0.1) is 0 Å². The van der Waals surface area contributed by atoms with E-state index >= 15 is 0 Å². The quantitative estimate of drug-likeness (QED) is 0.924. The summed E-state index contributed by atoms with van der Waals surface area (Å²) < 4.78 is 18.8. The number of halogens is 2. The van der Waals surface area contributed by atoms with Gasteiger partial charge in [-0.3, -0.25) is 9.78 Å². The van der Waals surface area contributed by atoms with Crippen LogP contribution in [0.3, 0.4) is 0 Å². The van der Waals surface area contributed by atoms with Gasteiger partial charge >= 0.3 is 0 Å². The molecule has 2 aromatic rings. The van der Waals surface area contributed by atoms with Crippen LogP contribution >= 0.6 is 11.6 Å². The number of pyridine rings is 1. The topological polar surface area (TPSA) is 51.2 Å². The number of hydrogen-bond acceptors (Lipinski definition) is 3. The molecule has 1 heterocycles. The summed E-state index contributed by atoms with van der Waals surface area (Å²) in [6, 6.07) is 8.79. The van der Waals surface area contributed by atoms with Gasteiger partial charge in [-0.05, 0) is 30.3 Å². The molecule has 0 bridgehead atoms. The van der Waals surface area contributed by atoms with Crippen molar-refractivity contribution in [2.24, 2.45) is 0 Å². The fraction of sp³-hybridized carbons (Fsp3) is 0.200. The number of carbonyl (C=O) groups excluding carboxylic acids is 1. The van der Waals surface area contributed by atoms with Crippen molar-refractivity contribution < 1.29 is 13.9 Å². The Kier molecular flexibility index (Phi) is 5.25. The molecule has 0 aliphatic rings. The van der Waals surface area contributed by atoms with E-state index in [2.05, 4.69) is 10.3 Å². The Morgan fingerprint density at radius 2 is 2.24 bits per heavy atom. The zero-order chi connectivity index (χ0) is 15.2. The summed E-state index contributed by atoms with van der Waals surface area (Å²) in [5, 5.41) is 2.94. The fourth-order valence-electron chi connectivity index (χ4n) is 1.86. The molecule has 6 heteroatoms. The van der Waals surface area contributed by atoms with Gasteiger partial charge in [-0.2, -0.15) is 0 Å². The Hall–Kier alpha value is -1.98. The molecule has 2 rings (SSSR count). The van der Waals surface area contributed by atoms with Crippen LogP contribution in [0.15, 0.2) is 42.6 Å². The first kappa shape index (κ1) is 15.4. The van der Waals surface area contributed by atoms with Crippen LogP contribution in [-0.4, -0.2) is 24.6 Å². The van der Waals surface area contributed by atoms with Crippen molar-refractivity contribution in [1.29, 1.82) is 0 Å². The molecule has 0 aliphatic heterocycles. The fourth-order valence-corrected chi connectivity index (χ4v) is 2.02. The van der Waals surface area contributed by atoms with Crippen molar-refractivity contribution in [2.45, 2.75) is 6.04 Å². The van der Waals surface area contributed by atoms with Gasteiger partial charge in [0.2, 0.25) is 0 Å². The highest BCUT2D eigenvalue weighted by atomic mass is 35.5. The number of hydrogen-bond donors (Lipinski definition) is 1. The highest BCUT2D eigenvalue weighted by Gasteiger charge is 2.19. The molecule has 1 amide bonds. The molecular weight excluding hydrogens is 295 g/mol. The Labute approximate surface area is 126 Å². The lowest BCUT2D eigenvalue weighted by Crippen LogP contribution is -2.32. The molecule has 110 valence electrons. The first-order valence-corrected chi connectivity index (χ1v) is 6.65. The van der Waals surface area contributed by atoms with Crippen LogP contribution in [0.25, 0.3) is 0 Å². The van der Waals surface area contributed by atoms with E-state index in [1.54, 1.807) is 24.4 Å². The van der Waals surface area contributed by atoms with Crippen LogP contribution in [0.5, 0.6) is 0 Å². The maximum absolute atomic E-state index is 13.7. The number of methoxy groups -OCH3 is 1. The highest BCUT2D eigenvalue weighted by molar-refractivity contribution is 6.30. The van der Waals surface area contributed by atoms with Crippen molar-refractivity contribution in [3.8, 4) is 0 Å². The lowest BCUT2D eigenvalue weighted by atomic mass is 10.1. The monoisotopic (exact) mass is 308 g/mol. The van der Waals surface area contributed by atoms with E-state index in [4.69, 9.17) is 16.3 Å². The van der Waals surface area contributed by atoms with Gasteiger partial charge in [0, 0.05) is 18.3 Å². The minimum Gasteiger partial charge on any atom is -0.382 e. The van der Waals surface area contributed by atoms with Crippen LogP contribution < -0.4 is 5.32 Å². The molecule has 0 fully saturated rings. The molecule has 0 radical (unpaired) electrons. The summed E-state index contributed by atoms with van der Waals surface area (Å²) in [5.74, 6) is -1.21. The van der Waals surface area contributed by atoms with Crippen molar-refractivity contribution in [2.75, 3.05) is 13.7 Å². The zero-order valence-corrected chi connectivity index (χ0v) is 12.1. The first-order chi connectivity index (χ1) is 10.1. The van der Waals surface area contributed by atoms with Crippen LogP contribution in [0.1, 0.15) is 22.1 Å². The van der Waals surface area contributed by atoms with Crippen molar-refractivity contribution in [3.63, 3.8) is 0 Å². The van der Waals surface area contributed by atoms with Crippen LogP contribution in [0.2, 0.25) is 5.02 Å². The van der Waals surface area contributed by atoms with Gasteiger partial charge in [0.05, 0.1) is 23.9 Å². The smallest absolute Gasteiger partial charge is 0.254 e. The van der Waals surface area contributed by atoms with E-state index in [-0.39, 0.29) is 17.2 Å². The predicted octanol–water partition coefficient (Wildman–Crippen LogP) is 2.99. The number of amides is 1. The summed E-state index contributed by atoms with van der Waals surface area (Å²) in [6.45, 7) is 0.234. The van der Waals surface area contributed by atoms with E-state index in [1.165, 1.54) is 19.2 Å². The maximum atomic E-state index is 13.7. The number of nitrogens with one attached hydrogen (secondary N) is 1. The van der Waals surface area contributed by atoms with E-state index < -0.39 is 17.8 Å². The number of nitrogens with zero attached hydrogens (tertiary/aromatic N) is 1. The van der Waals surface area contributed by atoms with E-state index in [1.807, 2.05) is 0 Å². The summed E-state index contributed by atoms with van der Waals surface area (Å²) in [7, 11) is 1.52. The van der Waals surface area contributed by atoms with Crippen molar-refractivity contribution >= 4 is 17.5 Å². The van der Waals surface area contributed by atoms with Crippen LogP contribution in [0, 0.1) is 5.82 Å². The zero-order valence-electron chi connectivity index (χ0n) is 11.3. The van der Waals surface area contributed by atoms with Crippen LogP contribution in [-0.2, 0) is 4.74 Å². The second kappa shape index (κ2) is 7.15. The maximum Gasteiger partial charge on any atom is 0.254 e. The highest BCUT2D eigenvalue weighted by Crippen LogP contribution is 2.16. The summed E-state index contributed by atoms with van der Waals surface area (Å²) in [6.07, 6.45) is 1.62. The van der Waals surface area contributed by atoms with Gasteiger partial charge in [-0.25, -0.2) is 4.39 Å². The normalized spacial score (nSPS) is 12.0. The molecule has 1 aromatic carbocycles. The van der Waals surface area contributed by atoms with Gasteiger partial charge in [0.25, 0.3) is 5.91 Å². The Morgan fingerprint density at radius 1 is 1.43 bits per heavy atom. The molecule has 0 saturated heterocycles. The van der Waals surface area contributed by atoms with Gasteiger partial charge < -0.3 is 10.1 Å². The number of carbonyl (C=O) groups is 1. The molecule has 1 unspecified atom stereocenters. The third-order valence-electron chi connectivity index (χ3n) is 2.86. The summed E-state index contributed by atoms with van der Waals surface area (Å²) >= 11 is 5.67. The molecule has 4 nitrogen and oxygen atoms in total. The predicted molar refractivity (Wildman–Crippen MR) is 77.7 cm³/mol. The third-order valence-corrected chi connectivity index (χ3v) is 3.09. The van der Waals surface area contributed by atoms with Crippen molar-refractivity contribution in [3.05, 3.63) is 64.7 Å². The van der Waals surface area contributed by atoms with Gasteiger partial charge in [-0.1, -0.05) is 17.7 Å². The second-order valence-corrected chi connectivity index (χ2v) is 4.80. The van der Waals surface area contributed by atoms with E-state index in [0.29, 0.717) is 5.69 Å². The molecular formula is C15H14ClFN2O2. The minimum atomic E-state index is -0.669. The van der Waals surface area contributed by atoms with Crippen molar-refractivity contribution in [1.82, 2.24) is 10.3 Å². The number of ether oxygens (including phenoxy) is 1. The second-order valence-electron chi connectivity index (χ2n) is 4.36. The summed E-state index contributed by atoms with van der Waals surface area (Å²) in [4.78, 5) is 16.3. The largest absolute Gasteiger partial charge is 0.382 e. The van der Waals surface area contributed by atoms with E-state index in [9.17, 15) is 9.18 Å². The first-order valence-electron chi connectivity index (χ1n) is 6.27. The average molecular weight is 309 g/mol. The molecule has 0 saturated carbocycles. The molecule has 1 N–H and O–H groups in total. The molecule has 1 atom stereocenters. The minimum absolute atomic E-state index is 0.0727. The average Bonchev–Trinajstić information content (AvgIpc) is 2.47. The number of rotatable bonds is 5. The standard InChI is InChI=1S/C15H14ClFN2O2/c1-21-9-14(13-4-2-3-7-18-13)19-15(20)11-6-5-10(16)8-12(11)17/h2-8,14H,9H2,1H3,(H,19,20). The number of aromatic nitrogens is 1. The SMILES string of the molecule is COCC(NC(=O)c1ccc(Cl)cc1F)c1ccccn1. The van der Waals surface area contributed by atoms with Gasteiger partial charge in [0.1, 0.15) is 5.82 Å². The molecule has 21 heavy (non-hydrogen) atoms.